The molecule has 1 atom stereocenters. The molecule has 0 fully saturated rings. The zero-order chi connectivity index (χ0) is 28.2. The highest BCUT2D eigenvalue weighted by atomic mass is 32.2. The minimum absolute atomic E-state index is 0.175. The first-order valence-corrected chi connectivity index (χ1v) is 14.7. The number of methoxy groups -OCH3 is 2. The molecule has 2 heterocycles. The number of hydrogen-bond acceptors (Lipinski definition) is 8. The van der Waals surface area contributed by atoms with E-state index in [0.29, 0.717) is 32.8 Å². The summed E-state index contributed by atoms with van der Waals surface area (Å²) in [6.45, 7) is 6.74. The number of nitriles is 1. The number of anilines is 1. The van der Waals surface area contributed by atoms with E-state index in [2.05, 4.69) is 37.1 Å². The summed E-state index contributed by atoms with van der Waals surface area (Å²) in [7, 11) is 2.99. The maximum atomic E-state index is 12.9. The number of thioether (sulfide) groups is 1. The van der Waals surface area contributed by atoms with Crippen molar-refractivity contribution in [2.75, 3.05) is 25.3 Å². The predicted molar refractivity (Wildman–Crippen MR) is 156 cm³/mol. The molecule has 7 nitrogen and oxygen atoms in total. The highest BCUT2D eigenvalue weighted by Crippen LogP contribution is 2.44. The van der Waals surface area contributed by atoms with Crippen LogP contribution in [0.3, 0.4) is 0 Å². The van der Waals surface area contributed by atoms with Crippen LogP contribution in [0, 0.1) is 22.7 Å². The molecule has 4 rings (SSSR count). The van der Waals surface area contributed by atoms with Gasteiger partial charge in [0.05, 0.1) is 31.0 Å². The van der Waals surface area contributed by atoms with E-state index in [1.54, 1.807) is 13.2 Å². The molecular formula is C30H33N3O4S2. The fourth-order valence-corrected chi connectivity index (χ4v) is 6.96. The fraction of sp³-hybridized carbons (Fsp3) is 0.400. The number of carbonyl (C=O) groups is 2. The van der Waals surface area contributed by atoms with Gasteiger partial charge < -0.3 is 14.8 Å². The Labute approximate surface area is 237 Å². The van der Waals surface area contributed by atoms with Crippen LogP contribution in [-0.4, -0.2) is 36.8 Å². The summed E-state index contributed by atoms with van der Waals surface area (Å²) < 4.78 is 10.3. The second kappa shape index (κ2) is 12.2. The van der Waals surface area contributed by atoms with E-state index in [-0.39, 0.29) is 17.7 Å². The van der Waals surface area contributed by atoms with E-state index in [4.69, 9.17) is 9.47 Å². The fourth-order valence-electron chi connectivity index (χ4n) is 4.72. The quantitative estimate of drug-likeness (QED) is 0.239. The van der Waals surface area contributed by atoms with E-state index in [0.717, 1.165) is 46.7 Å². The molecule has 1 N–H and O–H groups in total. The van der Waals surface area contributed by atoms with Crippen LogP contribution in [0.4, 0.5) is 5.00 Å². The van der Waals surface area contributed by atoms with Crippen LogP contribution in [0.15, 0.2) is 41.4 Å². The van der Waals surface area contributed by atoms with Gasteiger partial charge >= 0.3 is 5.97 Å². The van der Waals surface area contributed by atoms with Gasteiger partial charge in [-0.1, -0.05) is 20.8 Å². The summed E-state index contributed by atoms with van der Waals surface area (Å²) in [5.74, 6) is 1.10. The SMILES string of the molecule is COC(=O)c1c(NC(=O)CCSc2nc(-c3ccc(OC)cc3)ccc2C#N)sc2c1CCC(C(C)(C)C)C2. The van der Waals surface area contributed by atoms with Crippen LogP contribution in [0.5, 0.6) is 5.75 Å². The van der Waals surface area contributed by atoms with E-state index >= 15 is 0 Å². The molecule has 0 radical (unpaired) electrons. The first kappa shape index (κ1) is 28.7. The molecule has 0 saturated heterocycles. The number of nitrogens with zero attached hydrogens (tertiary/aromatic N) is 2. The Bertz CT molecular complexity index is 1400. The third kappa shape index (κ3) is 6.63. The summed E-state index contributed by atoms with van der Waals surface area (Å²) in [5.41, 5.74) is 3.79. The highest BCUT2D eigenvalue weighted by molar-refractivity contribution is 7.99. The Hall–Kier alpha value is -3.35. The van der Waals surface area contributed by atoms with Crippen LogP contribution in [0.25, 0.3) is 11.3 Å². The lowest BCUT2D eigenvalue weighted by molar-refractivity contribution is -0.115. The average Bonchev–Trinajstić information content (AvgIpc) is 3.29. The van der Waals surface area contributed by atoms with Crippen molar-refractivity contribution >= 4 is 40.0 Å². The summed E-state index contributed by atoms with van der Waals surface area (Å²) >= 11 is 2.85. The first-order chi connectivity index (χ1) is 18.6. The van der Waals surface area contributed by atoms with Crippen molar-refractivity contribution in [1.29, 1.82) is 5.26 Å². The van der Waals surface area contributed by atoms with Crippen LogP contribution in [0.2, 0.25) is 0 Å². The third-order valence-electron chi connectivity index (χ3n) is 7.07. The number of aromatic nitrogens is 1. The number of esters is 1. The van der Waals surface area contributed by atoms with Gasteiger partial charge in [-0.05, 0) is 72.6 Å². The van der Waals surface area contributed by atoms with Gasteiger partial charge in [-0.2, -0.15) is 5.26 Å². The van der Waals surface area contributed by atoms with Crippen LogP contribution in [0.1, 0.15) is 60.0 Å². The molecule has 1 aliphatic carbocycles. The van der Waals surface area contributed by atoms with Crippen molar-refractivity contribution in [1.82, 2.24) is 4.98 Å². The van der Waals surface area contributed by atoms with Gasteiger partial charge in [0.25, 0.3) is 0 Å². The van der Waals surface area contributed by atoms with Gasteiger partial charge in [-0.3, -0.25) is 4.79 Å². The maximum Gasteiger partial charge on any atom is 0.341 e. The Morgan fingerprint density at radius 3 is 2.56 bits per heavy atom. The molecule has 204 valence electrons. The Kier molecular flexibility index (Phi) is 8.98. The molecule has 3 aromatic rings. The molecule has 2 aromatic heterocycles. The normalized spacial score (nSPS) is 14.7. The van der Waals surface area contributed by atoms with Crippen LogP contribution in [-0.2, 0) is 22.4 Å². The minimum Gasteiger partial charge on any atom is -0.497 e. The van der Waals surface area contributed by atoms with Crippen molar-refractivity contribution in [2.24, 2.45) is 11.3 Å². The summed E-state index contributed by atoms with van der Waals surface area (Å²) in [4.78, 5) is 31.4. The number of pyridine rings is 1. The smallest absolute Gasteiger partial charge is 0.341 e. The lowest BCUT2D eigenvalue weighted by Gasteiger charge is -2.33. The molecule has 0 bridgehead atoms. The first-order valence-electron chi connectivity index (χ1n) is 12.9. The Morgan fingerprint density at radius 1 is 1.18 bits per heavy atom. The summed E-state index contributed by atoms with van der Waals surface area (Å²) in [6, 6.07) is 13.3. The molecular weight excluding hydrogens is 530 g/mol. The van der Waals surface area contributed by atoms with Gasteiger partial charge in [0.2, 0.25) is 5.91 Å². The van der Waals surface area contributed by atoms with E-state index in [9.17, 15) is 14.9 Å². The van der Waals surface area contributed by atoms with E-state index in [1.165, 1.54) is 30.2 Å². The van der Waals surface area contributed by atoms with Crippen molar-refractivity contribution < 1.29 is 19.1 Å². The Morgan fingerprint density at radius 2 is 1.92 bits per heavy atom. The number of benzene rings is 1. The van der Waals surface area contributed by atoms with Crippen molar-refractivity contribution in [3.05, 3.63) is 58.0 Å². The number of carbonyl (C=O) groups excluding carboxylic acids is 2. The molecule has 0 aliphatic heterocycles. The standard InChI is InChI=1S/C30H33N3O4S2/c1-30(2,3)20-9-12-22-24(16-20)39-28(26(22)29(35)37-5)33-25(34)14-15-38-27-19(17-31)8-13-23(32-27)18-6-10-21(36-4)11-7-18/h6-8,10-11,13,20H,9,12,14-16H2,1-5H3,(H,33,34). The number of amides is 1. The number of ether oxygens (including phenoxy) is 2. The van der Waals surface area contributed by atoms with Crippen molar-refractivity contribution in [2.45, 2.75) is 51.5 Å². The second-order valence-electron chi connectivity index (χ2n) is 10.5. The van der Waals surface area contributed by atoms with Crippen molar-refractivity contribution in [3.63, 3.8) is 0 Å². The van der Waals surface area contributed by atoms with E-state index < -0.39 is 5.97 Å². The predicted octanol–water partition coefficient (Wildman–Crippen LogP) is 6.75. The maximum absolute atomic E-state index is 12.9. The number of fused-ring (bicyclic) bond motifs is 1. The molecule has 39 heavy (non-hydrogen) atoms. The number of thiophene rings is 1. The summed E-state index contributed by atoms with van der Waals surface area (Å²) in [6.07, 6.45) is 2.91. The third-order valence-corrected chi connectivity index (χ3v) is 9.23. The molecule has 9 heteroatoms. The number of hydrogen-bond donors (Lipinski definition) is 1. The second-order valence-corrected chi connectivity index (χ2v) is 12.7. The van der Waals surface area contributed by atoms with Gasteiger partial charge in [0, 0.05) is 22.6 Å². The number of nitrogens with one attached hydrogen (secondary N) is 1. The van der Waals surface area contributed by atoms with Crippen molar-refractivity contribution in [3.8, 4) is 23.1 Å². The van der Waals surface area contributed by atoms with Crippen LogP contribution >= 0.6 is 23.1 Å². The molecule has 1 aromatic carbocycles. The topological polar surface area (TPSA) is 101 Å². The van der Waals surface area contributed by atoms with E-state index in [1.807, 2.05) is 30.3 Å². The molecule has 1 aliphatic rings. The highest BCUT2D eigenvalue weighted by Gasteiger charge is 2.34. The zero-order valence-corrected chi connectivity index (χ0v) is 24.6. The van der Waals surface area contributed by atoms with Crippen LogP contribution < -0.4 is 10.1 Å². The molecule has 1 unspecified atom stereocenters. The lowest BCUT2D eigenvalue weighted by atomic mass is 9.72. The average molecular weight is 564 g/mol. The zero-order valence-electron chi connectivity index (χ0n) is 22.9. The van der Waals surface area contributed by atoms with Gasteiger partial charge in [-0.25, -0.2) is 9.78 Å². The number of rotatable bonds is 8. The van der Waals surface area contributed by atoms with Gasteiger partial charge in [-0.15, -0.1) is 23.1 Å². The Balaban J connectivity index is 1.44. The van der Waals surface area contributed by atoms with Gasteiger partial charge in [0.1, 0.15) is 21.8 Å². The molecule has 0 saturated carbocycles. The largest absolute Gasteiger partial charge is 0.497 e. The minimum atomic E-state index is -0.412. The van der Waals surface area contributed by atoms with Gasteiger partial charge in [0.15, 0.2) is 0 Å². The molecule has 1 amide bonds. The summed E-state index contributed by atoms with van der Waals surface area (Å²) in [5, 5.41) is 13.7. The monoisotopic (exact) mass is 563 g/mol. The molecule has 0 spiro atoms. The lowest BCUT2D eigenvalue weighted by Crippen LogP contribution is -2.26.